The Kier molecular flexibility index (Phi) is 5.70. The van der Waals surface area contributed by atoms with Gasteiger partial charge in [-0.15, -0.1) is 0 Å². The summed E-state index contributed by atoms with van der Waals surface area (Å²) in [4.78, 5) is 11.6. The summed E-state index contributed by atoms with van der Waals surface area (Å²) in [6.07, 6.45) is 0.892. The summed E-state index contributed by atoms with van der Waals surface area (Å²) in [5.74, 6) is -0.468. The first kappa shape index (κ1) is 15.4. The highest BCUT2D eigenvalue weighted by Crippen LogP contribution is 2.13. The topological polar surface area (TPSA) is 49.3 Å². The molecule has 19 heavy (non-hydrogen) atoms. The number of hydrogen-bond donors (Lipinski definition) is 2. The standard InChI is InChI=1S/C15H20FNO2/c1-10(2)14(18)9-17-15(19)8-11(3)12-4-6-13(16)7-5-12/h4-8,10,14,18H,9H2,1-3H3,(H,17,19)/b11-8-. The van der Waals surface area contributed by atoms with Gasteiger partial charge in [-0.25, -0.2) is 4.39 Å². The zero-order valence-electron chi connectivity index (χ0n) is 11.5. The van der Waals surface area contributed by atoms with Crippen LogP contribution in [0.5, 0.6) is 0 Å². The molecule has 0 bridgehead atoms. The highest BCUT2D eigenvalue weighted by Gasteiger charge is 2.09. The van der Waals surface area contributed by atoms with Crippen molar-refractivity contribution in [2.24, 2.45) is 5.92 Å². The van der Waals surface area contributed by atoms with Crippen LogP contribution in [0.1, 0.15) is 26.3 Å². The first-order valence-electron chi connectivity index (χ1n) is 6.30. The molecule has 104 valence electrons. The van der Waals surface area contributed by atoms with Gasteiger partial charge in [0.05, 0.1) is 6.10 Å². The molecule has 1 rings (SSSR count). The molecule has 3 nitrogen and oxygen atoms in total. The molecule has 0 aromatic heterocycles. The molecular weight excluding hydrogens is 245 g/mol. The predicted molar refractivity (Wildman–Crippen MR) is 73.9 cm³/mol. The lowest BCUT2D eigenvalue weighted by atomic mass is 10.1. The zero-order valence-corrected chi connectivity index (χ0v) is 11.5. The number of rotatable bonds is 5. The van der Waals surface area contributed by atoms with Gasteiger partial charge in [0.1, 0.15) is 5.82 Å². The molecule has 1 aromatic carbocycles. The number of carbonyl (C=O) groups excluding carboxylic acids is 1. The van der Waals surface area contributed by atoms with Gasteiger partial charge in [0.15, 0.2) is 0 Å². The van der Waals surface area contributed by atoms with Crippen LogP contribution in [-0.4, -0.2) is 23.7 Å². The van der Waals surface area contributed by atoms with Gasteiger partial charge in [-0.05, 0) is 36.1 Å². The van der Waals surface area contributed by atoms with E-state index in [9.17, 15) is 14.3 Å². The third-order valence-corrected chi connectivity index (χ3v) is 2.90. The number of amides is 1. The van der Waals surface area contributed by atoms with Crippen LogP contribution in [0, 0.1) is 11.7 Å². The van der Waals surface area contributed by atoms with E-state index in [1.807, 2.05) is 13.8 Å². The molecule has 2 N–H and O–H groups in total. The zero-order chi connectivity index (χ0) is 14.4. The Bertz CT molecular complexity index is 452. The molecule has 0 radical (unpaired) electrons. The van der Waals surface area contributed by atoms with E-state index in [2.05, 4.69) is 5.32 Å². The van der Waals surface area contributed by atoms with Crippen molar-refractivity contribution in [2.75, 3.05) is 6.54 Å². The molecule has 1 aromatic rings. The Morgan fingerprint density at radius 1 is 1.37 bits per heavy atom. The van der Waals surface area contributed by atoms with E-state index in [1.54, 1.807) is 19.1 Å². The molecule has 0 aliphatic heterocycles. The Labute approximate surface area is 113 Å². The third-order valence-electron chi connectivity index (χ3n) is 2.90. The van der Waals surface area contributed by atoms with E-state index in [1.165, 1.54) is 18.2 Å². The van der Waals surface area contributed by atoms with E-state index in [0.717, 1.165) is 11.1 Å². The van der Waals surface area contributed by atoms with Crippen LogP contribution in [0.3, 0.4) is 0 Å². The molecule has 0 spiro atoms. The van der Waals surface area contributed by atoms with Crippen molar-refractivity contribution in [1.29, 1.82) is 0 Å². The Morgan fingerprint density at radius 3 is 2.47 bits per heavy atom. The number of halogens is 1. The maximum absolute atomic E-state index is 12.8. The lowest BCUT2D eigenvalue weighted by molar-refractivity contribution is -0.117. The van der Waals surface area contributed by atoms with Crippen molar-refractivity contribution in [3.05, 3.63) is 41.7 Å². The highest BCUT2D eigenvalue weighted by molar-refractivity contribution is 5.94. The van der Waals surface area contributed by atoms with Crippen LogP contribution < -0.4 is 5.32 Å². The Balaban J connectivity index is 2.58. The number of hydrogen-bond acceptors (Lipinski definition) is 2. The first-order chi connectivity index (χ1) is 8.90. The predicted octanol–water partition coefficient (Wildman–Crippen LogP) is 2.36. The van der Waals surface area contributed by atoms with Crippen molar-refractivity contribution >= 4 is 11.5 Å². The Morgan fingerprint density at radius 2 is 1.95 bits per heavy atom. The fraction of sp³-hybridized carbons (Fsp3) is 0.400. The monoisotopic (exact) mass is 265 g/mol. The van der Waals surface area contributed by atoms with Gasteiger partial charge < -0.3 is 10.4 Å². The number of nitrogens with one attached hydrogen (secondary N) is 1. The van der Waals surface area contributed by atoms with Gasteiger partial charge >= 0.3 is 0 Å². The van der Waals surface area contributed by atoms with Gasteiger partial charge in [-0.1, -0.05) is 26.0 Å². The normalized spacial score (nSPS) is 13.5. The molecule has 1 unspecified atom stereocenters. The minimum Gasteiger partial charge on any atom is -0.391 e. The molecule has 0 aliphatic rings. The fourth-order valence-corrected chi connectivity index (χ4v) is 1.48. The van der Waals surface area contributed by atoms with Gasteiger partial charge in [0.2, 0.25) is 5.91 Å². The molecule has 0 saturated carbocycles. The maximum Gasteiger partial charge on any atom is 0.244 e. The summed E-state index contributed by atoms with van der Waals surface area (Å²) >= 11 is 0. The van der Waals surface area contributed by atoms with Crippen LogP contribution in [0.4, 0.5) is 4.39 Å². The molecule has 0 fully saturated rings. The SMILES string of the molecule is C/C(=C/C(=O)NCC(O)C(C)C)c1ccc(F)cc1. The van der Waals surface area contributed by atoms with Crippen LogP contribution >= 0.6 is 0 Å². The van der Waals surface area contributed by atoms with Gasteiger partial charge in [0, 0.05) is 12.6 Å². The smallest absolute Gasteiger partial charge is 0.244 e. The average molecular weight is 265 g/mol. The summed E-state index contributed by atoms with van der Waals surface area (Å²) in [6, 6.07) is 5.95. The number of allylic oxidation sites excluding steroid dienone is 1. The summed E-state index contributed by atoms with van der Waals surface area (Å²) in [5.41, 5.74) is 1.54. The molecule has 0 heterocycles. The van der Waals surface area contributed by atoms with Crippen LogP contribution in [0.15, 0.2) is 30.3 Å². The highest BCUT2D eigenvalue weighted by atomic mass is 19.1. The lowest BCUT2D eigenvalue weighted by Gasteiger charge is -2.14. The molecule has 0 saturated heterocycles. The molecule has 1 amide bonds. The number of aliphatic hydroxyl groups is 1. The minimum absolute atomic E-state index is 0.0995. The van der Waals surface area contributed by atoms with E-state index in [4.69, 9.17) is 0 Å². The number of carbonyl (C=O) groups is 1. The minimum atomic E-state index is -0.552. The summed E-state index contributed by atoms with van der Waals surface area (Å²) in [5, 5.41) is 12.2. The Hall–Kier alpha value is -1.68. The van der Waals surface area contributed by atoms with Gasteiger partial charge in [-0.2, -0.15) is 0 Å². The largest absolute Gasteiger partial charge is 0.391 e. The van der Waals surface area contributed by atoms with E-state index >= 15 is 0 Å². The second kappa shape index (κ2) is 7.04. The number of aliphatic hydroxyl groups excluding tert-OH is 1. The van der Waals surface area contributed by atoms with E-state index in [-0.39, 0.29) is 24.2 Å². The summed E-state index contributed by atoms with van der Waals surface area (Å²) < 4.78 is 12.8. The maximum atomic E-state index is 12.8. The second-order valence-electron chi connectivity index (χ2n) is 4.89. The summed E-state index contributed by atoms with van der Waals surface area (Å²) in [7, 11) is 0. The van der Waals surface area contributed by atoms with Crippen LogP contribution in [0.2, 0.25) is 0 Å². The third kappa shape index (κ3) is 5.22. The van der Waals surface area contributed by atoms with Gasteiger partial charge in [0.25, 0.3) is 0 Å². The number of benzene rings is 1. The van der Waals surface area contributed by atoms with E-state index < -0.39 is 6.10 Å². The van der Waals surface area contributed by atoms with E-state index in [0.29, 0.717) is 0 Å². The lowest BCUT2D eigenvalue weighted by Crippen LogP contribution is -2.33. The van der Waals surface area contributed by atoms with Crippen LogP contribution in [0.25, 0.3) is 5.57 Å². The molecular formula is C15H20FNO2. The van der Waals surface area contributed by atoms with Crippen molar-refractivity contribution in [3.8, 4) is 0 Å². The molecule has 0 aliphatic carbocycles. The van der Waals surface area contributed by atoms with Crippen molar-refractivity contribution in [2.45, 2.75) is 26.9 Å². The van der Waals surface area contributed by atoms with Crippen LogP contribution in [-0.2, 0) is 4.79 Å². The quantitative estimate of drug-likeness (QED) is 0.803. The van der Waals surface area contributed by atoms with Gasteiger partial charge in [-0.3, -0.25) is 4.79 Å². The first-order valence-corrected chi connectivity index (χ1v) is 6.30. The second-order valence-corrected chi connectivity index (χ2v) is 4.89. The van der Waals surface area contributed by atoms with Crippen molar-refractivity contribution < 1.29 is 14.3 Å². The average Bonchev–Trinajstić information content (AvgIpc) is 2.36. The molecule has 4 heteroatoms. The van der Waals surface area contributed by atoms with Crippen molar-refractivity contribution in [1.82, 2.24) is 5.32 Å². The van der Waals surface area contributed by atoms with Crippen molar-refractivity contribution in [3.63, 3.8) is 0 Å². The fourth-order valence-electron chi connectivity index (χ4n) is 1.48. The summed E-state index contributed by atoms with van der Waals surface area (Å²) in [6.45, 7) is 5.78. The molecule has 1 atom stereocenters.